The molecule has 2 heterocycles. The van der Waals surface area contributed by atoms with Crippen molar-refractivity contribution in [3.8, 4) is 11.5 Å². The van der Waals surface area contributed by atoms with E-state index in [9.17, 15) is 4.79 Å². The number of amides is 1. The molecule has 2 aromatic rings. The van der Waals surface area contributed by atoms with Crippen LogP contribution < -0.4 is 20.1 Å². The number of carbonyl (C=O) groups excluding carboxylic acids is 1. The molecule has 0 fully saturated rings. The Morgan fingerprint density at radius 1 is 1.09 bits per heavy atom. The Kier molecular flexibility index (Phi) is 4.32. The summed E-state index contributed by atoms with van der Waals surface area (Å²) >= 11 is 0. The topological polar surface area (TPSA) is 72.5 Å². The second-order valence-corrected chi connectivity index (χ2v) is 5.02. The van der Waals surface area contributed by atoms with Crippen LogP contribution in [0.3, 0.4) is 0 Å². The van der Waals surface area contributed by atoms with Gasteiger partial charge in [0.25, 0.3) is 5.91 Å². The Labute approximate surface area is 134 Å². The van der Waals surface area contributed by atoms with Gasteiger partial charge in [0, 0.05) is 6.20 Å². The summed E-state index contributed by atoms with van der Waals surface area (Å²) in [5, 5.41) is 6.15. The van der Waals surface area contributed by atoms with Crippen molar-refractivity contribution in [3.63, 3.8) is 0 Å². The van der Waals surface area contributed by atoms with Gasteiger partial charge in [-0.3, -0.25) is 4.79 Å². The number of fused-ring (bicyclic) bond motifs is 1. The van der Waals surface area contributed by atoms with Crippen LogP contribution in [-0.2, 0) is 0 Å². The van der Waals surface area contributed by atoms with Crippen molar-refractivity contribution in [2.75, 3.05) is 18.5 Å². The van der Waals surface area contributed by atoms with Gasteiger partial charge in [0.05, 0.1) is 18.8 Å². The van der Waals surface area contributed by atoms with Crippen LogP contribution in [0.4, 0.5) is 5.82 Å². The molecule has 1 aliphatic heterocycles. The van der Waals surface area contributed by atoms with Gasteiger partial charge in [-0.15, -0.1) is 0 Å². The number of aromatic nitrogens is 1. The predicted molar refractivity (Wildman–Crippen MR) is 86.8 cm³/mol. The highest BCUT2D eigenvalue weighted by Crippen LogP contribution is 2.32. The zero-order chi connectivity index (χ0) is 16.2. The molecule has 0 saturated heterocycles. The van der Waals surface area contributed by atoms with Crippen molar-refractivity contribution in [2.24, 2.45) is 0 Å². The molecule has 1 aliphatic rings. The molecule has 6 heteroatoms. The average Bonchev–Trinajstić information content (AvgIpc) is 2.57. The van der Waals surface area contributed by atoms with Crippen molar-refractivity contribution in [1.29, 1.82) is 0 Å². The van der Waals surface area contributed by atoms with Crippen molar-refractivity contribution in [1.82, 2.24) is 10.3 Å². The van der Waals surface area contributed by atoms with Crippen LogP contribution in [0, 0.1) is 0 Å². The van der Waals surface area contributed by atoms with E-state index in [1.807, 2.05) is 32.0 Å². The minimum absolute atomic E-state index is 0.149. The summed E-state index contributed by atoms with van der Waals surface area (Å²) in [6.45, 7) is 4.95. The minimum atomic E-state index is -0.361. The van der Waals surface area contributed by atoms with Crippen LogP contribution in [-0.4, -0.2) is 24.1 Å². The van der Waals surface area contributed by atoms with Gasteiger partial charge in [-0.25, -0.2) is 4.98 Å². The Morgan fingerprint density at radius 3 is 2.65 bits per heavy atom. The van der Waals surface area contributed by atoms with Crippen LogP contribution in [0.15, 0.2) is 36.5 Å². The van der Waals surface area contributed by atoms with Gasteiger partial charge in [-0.1, -0.05) is 6.07 Å². The van der Waals surface area contributed by atoms with E-state index >= 15 is 0 Å². The van der Waals surface area contributed by atoms with Crippen LogP contribution in [0.2, 0.25) is 0 Å². The maximum absolute atomic E-state index is 12.2. The zero-order valence-electron chi connectivity index (χ0n) is 13.1. The lowest BCUT2D eigenvalue weighted by Crippen LogP contribution is -2.38. The average molecular weight is 313 g/mol. The summed E-state index contributed by atoms with van der Waals surface area (Å²) < 4.78 is 11.2. The first-order valence-electron chi connectivity index (χ1n) is 7.65. The molecule has 1 amide bonds. The molecule has 23 heavy (non-hydrogen) atoms. The SMILES string of the molecule is CCOc1ccc(C2NC(=O)c3cccnc3N2)cc1OCC. The first-order chi connectivity index (χ1) is 11.2. The van der Waals surface area contributed by atoms with Gasteiger partial charge >= 0.3 is 0 Å². The van der Waals surface area contributed by atoms with Crippen LogP contribution in [0.25, 0.3) is 0 Å². The Balaban J connectivity index is 1.90. The highest BCUT2D eigenvalue weighted by molar-refractivity contribution is 6.00. The molecule has 1 unspecified atom stereocenters. The van der Waals surface area contributed by atoms with E-state index in [0.717, 1.165) is 5.56 Å². The van der Waals surface area contributed by atoms with E-state index in [4.69, 9.17) is 9.47 Å². The van der Waals surface area contributed by atoms with E-state index in [1.54, 1.807) is 18.3 Å². The standard InChI is InChI=1S/C17H19N3O3/c1-3-22-13-8-7-11(10-14(13)23-4-2)15-19-16-12(17(21)20-15)6-5-9-18-16/h5-10,15H,3-4H2,1-2H3,(H,18,19)(H,20,21). The summed E-state index contributed by atoms with van der Waals surface area (Å²) in [5.74, 6) is 1.78. The molecule has 0 bridgehead atoms. The van der Waals surface area contributed by atoms with Gasteiger partial charge in [0.1, 0.15) is 12.0 Å². The van der Waals surface area contributed by atoms with Crippen molar-refractivity contribution >= 4 is 11.7 Å². The van der Waals surface area contributed by atoms with Crippen molar-refractivity contribution in [3.05, 3.63) is 47.7 Å². The molecule has 0 aliphatic carbocycles. The predicted octanol–water partition coefficient (Wildman–Crippen LogP) is 2.73. The third kappa shape index (κ3) is 3.06. The first-order valence-corrected chi connectivity index (χ1v) is 7.65. The van der Waals surface area contributed by atoms with E-state index in [1.165, 1.54) is 0 Å². The smallest absolute Gasteiger partial charge is 0.256 e. The molecule has 1 aromatic heterocycles. The van der Waals surface area contributed by atoms with Crippen LogP contribution in [0.1, 0.15) is 35.9 Å². The van der Waals surface area contributed by atoms with Crippen molar-refractivity contribution in [2.45, 2.75) is 20.0 Å². The highest BCUT2D eigenvalue weighted by Gasteiger charge is 2.25. The number of hydrogen-bond acceptors (Lipinski definition) is 5. The van der Waals surface area contributed by atoms with E-state index in [-0.39, 0.29) is 12.1 Å². The third-order valence-corrected chi connectivity index (χ3v) is 3.51. The molecule has 1 aromatic carbocycles. The molecule has 0 saturated carbocycles. The van der Waals surface area contributed by atoms with Crippen LogP contribution in [0.5, 0.6) is 11.5 Å². The fourth-order valence-electron chi connectivity index (χ4n) is 2.50. The maximum Gasteiger partial charge on any atom is 0.256 e. The number of carbonyl (C=O) groups is 1. The number of nitrogens with zero attached hydrogens (tertiary/aromatic N) is 1. The van der Waals surface area contributed by atoms with Gasteiger partial charge in [-0.05, 0) is 43.7 Å². The highest BCUT2D eigenvalue weighted by atomic mass is 16.5. The molecule has 120 valence electrons. The summed E-state index contributed by atoms with van der Waals surface area (Å²) in [7, 11) is 0. The fraction of sp³-hybridized carbons (Fsp3) is 0.294. The van der Waals surface area contributed by atoms with Gasteiger partial charge < -0.3 is 20.1 Å². The van der Waals surface area contributed by atoms with Crippen molar-refractivity contribution < 1.29 is 14.3 Å². The molecule has 3 rings (SSSR count). The Hall–Kier alpha value is -2.76. The lowest BCUT2D eigenvalue weighted by molar-refractivity contribution is 0.0935. The zero-order valence-corrected chi connectivity index (χ0v) is 13.1. The normalized spacial score (nSPS) is 16.1. The minimum Gasteiger partial charge on any atom is -0.490 e. The number of rotatable bonds is 5. The summed E-state index contributed by atoms with van der Waals surface area (Å²) in [6, 6.07) is 9.11. The molecule has 2 N–H and O–H groups in total. The van der Waals surface area contributed by atoms with Gasteiger partial charge in [0.2, 0.25) is 0 Å². The maximum atomic E-state index is 12.2. The second-order valence-electron chi connectivity index (χ2n) is 5.02. The van der Waals surface area contributed by atoms with Gasteiger partial charge in [-0.2, -0.15) is 0 Å². The molecule has 0 radical (unpaired) electrons. The third-order valence-electron chi connectivity index (χ3n) is 3.51. The molecular weight excluding hydrogens is 294 g/mol. The summed E-state index contributed by atoms with van der Waals surface area (Å²) in [4.78, 5) is 16.4. The Morgan fingerprint density at radius 2 is 1.87 bits per heavy atom. The lowest BCUT2D eigenvalue weighted by Gasteiger charge is -2.27. The van der Waals surface area contributed by atoms with E-state index < -0.39 is 0 Å². The van der Waals surface area contributed by atoms with Crippen LogP contribution >= 0.6 is 0 Å². The number of nitrogens with one attached hydrogen (secondary N) is 2. The lowest BCUT2D eigenvalue weighted by atomic mass is 10.1. The molecule has 1 atom stereocenters. The number of ether oxygens (including phenoxy) is 2. The molecule has 0 spiro atoms. The molecular formula is C17H19N3O3. The quantitative estimate of drug-likeness (QED) is 0.888. The number of pyridine rings is 1. The number of anilines is 1. The fourth-order valence-corrected chi connectivity index (χ4v) is 2.50. The second kappa shape index (κ2) is 6.56. The van der Waals surface area contributed by atoms with E-state index in [0.29, 0.717) is 36.1 Å². The first kappa shape index (κ1) is 15.1. The summed E-state index contributed by atoms with van der Waals surface area (Å²) in [5.41, 5.74) is 1.42. The Bertz CT molecular complexity index is 718. The summed E-state index contributed by atoms with van der Waals surface area (Å²) in [6.07, 6.45) is 1.30. The van der Waals surface area contributed by atoms with E-state index in [2.05, 4.69) is 15.6 Å². The largest absolute Gasteiger partial charge is 0.490 e. The van der Waals surface area contributed by atoms with Gasteiger partial charge in [0.15, 0.2) is 11.5 Å². The molecule has 6 nitrogen and oxygen atoms in total. The monoisotopic (exact) mass is 313 g/mol. The number of hydrogen-bond donors (Lipinski definition) is 2. The number of benzene rings is 1.